The van der Waals surface area contributed by atoms with Crippen molar-refractivity contribution in [2.75, 3.05) is 32.8 Å². The molecule has 2 aromatic rings. The molecule has 1 aliphatic rings. The van der Waals surface area contributed by atoms with E-state index in [2.05, 4.69) is 18.7 Å². The third-order valence-electron chi connectivity index (χ3n) is 6.63. The third kappa shape index (κ3) is 5.93. The van der Waals surface area contributed by atoms with Gasteiger partial charge in [-0.1, -0.05) is 50.6 Å². The van der Waals surface area contributed by atoms with Gasteiger partial charge in [0.05, 0.1) is 18.2 Å². The van der Waals surface area contributed by atoms with E-state index in [0.29, 0.717) is 24.5 Å². The number of benzene rings is 2. The van der Waals surface area contributed by atoms with E-state index in [0.717, 1.165) is 49.2 Å². The van der Waals surface area contributed by atoms with Crippen LogP contribution in [0.5, 0.6) is 5.75 Å². The van der Waals surface area contributed by atoms with Gasteiger partial charge < -0.3 is 19.6 Å². The zero-order valence-corrected chi connectivity index (χ0v) is 21.6. The van der Waals surface area contributed by atoms with Crippen LogP contribution < -0.4 is 4.74 Å². The number of aryl methyl sites for hydroxylation is 2. The van der Waals surface area contributed by atoms with Crippen molar-refractivity contribution in [2.24, 2.45) is 0 Å². The molecule has 3 rings (SSSR count). The van der Waals surface area contributed by atoms with Gasteiger partial charge >= 0.3 is 0 Å². The Bertz CT molecular complexity index is 1070. The van der Waals surface area contributed by atoms with Crippen molar-refractivity contribution >= 4 is 17.4 Å². The predicted molar refractivity (Wildman–Crippen MR) is 140 cm³/mol. The Morgan fingerprint density at radius 3 is 2.31 bits per heavy atom. The number of carbonyl (C=O) groups is 2. The first kappa shape index (κ1) is 26.5. The predicted octanol–water partition coefficient (Wildman–Crippen LogP) is 5.25. The Morgan fingerprint density at radius 1 is 1.03 bits per heavy atom. The molecule has 188 valence electrons. The molecule has 0 saturated carbocycles. The Balaban J connectivity index is 2.02. The van der Waals surface area contributed by atoms with Crippen molar-refractivity contribution < 1.29 is 19.4 Å². The molecular formula is C29H38N2O4. The molecule has 0 aromatic heterocycles. The quantitative estimate of drug-likeness (QED) is 0.272. The first-order valence-electron chi connectivity index (χ1n) is 12.6. The Labute approximate surface area is 209 Å². The van der Waals surface area contributed by atoms with Crippen molar-refractivity contribution in [2.45, 2.75) is 53.5 Å². The van der Waals surface area contributed by atoms with Crippen LogP contribution in [0.15, 0.2) is 48.0 Å². The van der Waals surface area contributed by atoms with Gasteiger partial charge in [-0.2, -0.15) is 0 Å². The lowest BCUT2D eigenvalue weighted by Crippen LogP contribution is -2.33. The third-order valence-corrected chi connectivity index (χ3v) is 6.63. The highest BCUT2D eigenvalue weighted by molar-refractivity contribution is 6.46. The van der Waals surface area contributed by atoms with E-state index in [1.54, 1.807) is 17.0 Å². The van der Waals surface area contributed by atoms with Gasteiger partial charge in [0, 0.05) is 12.1 Å². The van der Waals surface area contributed by atoms with Crippen LogP contribution in [0.1, 0.15) is 61.9 Å². The summed E-state index contributed by atoms with van der Waals surface area (Å²) in [6, 6.07) is 12.6. The van der Waals surface area contributed by atoms with Crippen LogP contribution in [0.3, 0.4) is 0 Å². The lowest BCUT2D eigenvalue weighted by atomic mass is 9.93. The van der Waals surface area contributed by atoms with Crippen LogP contribution in [-0.4, -0.2) is 59.4 Å². The number of carbonyl (C=O) groups excluding carboxylic acids is 2. The van der Waals surface area contributed by atoms with Gasteiger partial charge in [-0.3, -0.25) is 9.59 Å². The highest BCUT2D eigenvalue weighted by Gasteiger charge is 2.45. The molecule has 35 heavy (non-hydrogen) atoms. The number of aliphatic hydroxyl groups excluding tert-OH is 1. The molecule has 0 bridgehead atoms. The lowest BCUT2D eigenvalue weighted by molar-refractivity contribution is -0.140. The SMILES string of the molecule is CCCOc1ccc(C(O)=C2C(=O)C(=O)N(CCCN(CC)CC)[C@@H]2c2ccc(C)cc2)c(C)c1. The van der Waals surface area contributed by atoms with Gasteiger partial charge in [-0.25, -0.2) is 0 Å². The molecule has 0 unspecified atom stereocenters. The van der Waals surface area contributed by atoms with Crippen molar-refractivity contribution in [3.8, 4) is 5.75 Å². The summed E-state index contributed by atoms with van der Waals surface area (Å²) in [5, 5.41) is 11.4. The number of ether oxygens (including phenoxy) is 1. The van der Waals surface area contributed by atoms with Crippen LogP contribution in [-0.2, 0) is 9.59 Å². The summed E-state index contributed by atoms with van der Waals surface area (Å²) in [6.07, 6.45) is 1.65. The minimum absolute atomic E-state index is 0.139. The molecule has 1 amide bonds. The molecule has 1 fully saturated rings. The van der Waals surface area contributed by atoms with E-state index in [1.807, 2.05) is 51.1 Å². The van der Waals surface area contributed by atoms with Gasteiger partial charge in [0.25, 0.3) is 11.7 Å². The van der Waals surface area contributed by atoms with Crippen LogP contribution in [0.25, 0.3) is 5.76 Å². The summed E-state index contributed by atoms with van der Waals surface area (Å²) >= 11 is 0. The van der Waals surface area contributed by atoms with Crippen LogP contribution in [0, 0.1) is 13.8 Å². The number of Topliss-reactive ketones (excluding diaryl/α,β-unsaturated/α-hetero) is 1. The summed E-state index contributed by atoms with van der Waals surface area (Å²) in [6.45, 7) is 13.9. The Morgan fingerprint density at radius 2 is 1.71 bits per heavy atom. The van der Waals surface area contributed by atoms with Crippen molar-refractivity contribution in [1.82, 2.24) is 9.80 Å². The van der Waals surface area contributed by atoms with Crippen LogP contribution in [0.4, 0.5) is 0 Å². The Kier molecular flexibility index (Phi) is 9.10. The molecule has 2 aromatic carbocycles. The largest absolute Gasteiger partial charge is 0.507 e. The number of aliphatic hydroxyl groups is 1. The molecule has 0 radical (unpaired) electrons. The average Bonchev–Trinajstić information content (AvgIpc) is 3.10. The van der Waals surface area contributed by atoms with Gasteiger partial charge in [-0.05, 0) is 75.6 Å². The van der Waals surface area contributed by atoms with Crippen LogP contribution >= 0.6 is 0 Å². The molecule has 6 nitrogen and oxygen atoms in total. The average molecular weight is 479 g/mol. The van der Waals surface area contributed by atoms with Gasteiger partial charge in [0.1, 0.15) is 11.5 Å². The molecule has 1 saturated heterocycles. The second-order valence-electron chi connectivity index (χ2n) is 9.11. The molecule has 0 spiro atoms. The maximum Gasteiger partial charge on any atom is 0.295 e. The molecule has 1 heterocycles. The molecule has 6 heteroatoms. The maximum absolute atomic E-state index is 13.3. The minimum Gasteiger partial charge on any atom is -0.507 e. The van der Waals surface area contributed by atoms with E-state index in [1.165, 1.54) is 0 Å². The normalized spacial score (nSPS) is 17.4. The van der Waals surface area contributed by atoms with E-state index < -0.39 is 17.7 Å². The van der Waals surface area contributed by atoms with E-state index >= 15 is 0 Å². The highest BCUT2D eigenvalue weighted by atomic mass is 16.5. The monoisotopic (exact) mass is 478 g/mol. The number of amides is 1. The summed E-state index contributed by atoms with van der Waals surface area (Å²) in [5.41, 5.74) is 3.37. The standard InChI is InChI=1S/C29H38N2O4/c1-6-18-35-23-14-15-24(21(5)19-23)27(32)25-26(22-12-10-20(4)11-13-22)31(29(34)28(25)33)17-9-16-30(7-2)8-3/h10-15,19,26,32H,6-9,16-18H2,1-5H3/t26-/m1/s1. The van der Waals surface area contributed by atoms with Crippen LogP contribution in [0.2, 0.25) is 0 Å². The van der Waals surface area contributed by atoms with Gasteiger partial charge in [0.2, 0.25) is 0 Å². The molecule has 0 aliphatic carbocycles. The first-order valence-corrected chi connectivity index (χ1v) is 12.6. The maximum atomic E-state index is 13.3. The number of nitrogens with zero attached hydrogens (tertiary/aromatic N) is 2. The smallest absolute Gasteiger partial charge is 0.295 e. The first-order chi connectivity index (χ1) is 16.8. The highest BCUT2D eigenvalue weighted by Crippen LogP contribution is 2.40. The number of hydrogen-bond acceptors (Lipinski definition) is 5. The fourth-order valence-corrected chi connectivity index (χ4v) is 4.57. The second kappa shape index (κ2) is 12.0. The molecular weight excluding hydrogens is 440 g/mol. The number of rotatable bonds is 11. The Hall–Kier alpha value is -3.12. The fourth-order valence-electron chi connectivity index (χ4n) is 4.57. The molecule has 1 N–H and O–H groups in total. The second-order valence-corrected chi connectivity index (χ2v) is 9.11. The van der Waals surface area contributed by atoms with Crippen molar-refractivity contribution in [1.29, 1.82) is 0 Å². The summed E-state index contributed by atoms with van der Waals surface area (Å²) < 4.78 is 5.70. The number of hydrogen-bond donors (Lipinski definition) is 1. The van der Waals surface area contributed by atoms with E-state index in [4.69, 9.17) is 4.74 Å². The van der Waals surface area contributed by atoms with Crippen molar-refractivity contribution in [3.63, 3.8) is 0 Å². The van der Waals surface area contributed by atoms with E-state index in [9.17, 15) is 14.7 Å². The topological polar surface area (TPSA) is 70.1 Å². The van der Waals surface area contributed by atoms with Gasteiger partial charge in [0.15, 0.2) is 0 Å². The molecule has 1 aliphatic heterocycles. The van der Waals surface area contributed by atoms with E-state index in [-0.39, 0.29) is 11.3 Å². The number of ketones is 1. The molecule has 1 atom stereocenters. The zero-order chi connectivity index (χ0) is 25.5. The summed E-state index contributed by atoms with van der Waals surface area (Å²) in [7, 11) is 0. The fraction of sp³-hybridized carbons (Fsp3) is 0.448. The van der Waals surface area contributed by atoms with Gasteiger partial charge in [-0.15, -0.1) is 0 Å². The summed E-state index contributed by atoms with van der Waals surface area (Å²) in [4.78, 5) is 30.4. The minimum atomic E-state index is -0.637. The zero-order valence-electron chi connectivity index (χ0n) is 21.6. The van der Waals surface area contributed by atoms with Crippen molar-refractivity contribution in [3.05, 3.63) is 70.3 Å². The number of likely N-dealkylation sites (tertiary alicyclic amines) is 1. The lowest BCUT2D eigenvalue weighted by Gasteiger charge is -2.27. The summed E-state index contributed by atoms with van der Waals surface area (Å²) in [5.74, 6) is -0.619.